The van der Waals surface area contributed by atoms with Gasteiger partial charge in [0.2, 0.25) is 0 Å². The molecule has 0 aliphatic rings. The van der Waals surface area contributed by atoms with Crippen molar-refractivity contribution >= 4 is 11.7 Å². The molecule has 1 unspecified atom stereocenters. The molecule has 0 aromatic heterocycles. The number of esters is 1. The summed E-state index contributed by atoms with van der Waals surface area (Å²) in [5.41, 5.74) is 12.9. The topological polar surface area (TPSA) is 98.6 Å². The Labute approximate surface area is 112 Å². The minimum absolute atomic E-state index is 0.00238. The zero-order valence-corrected chi connectivity index (χ0v) is 10.6. The number of aliphatic hydroxyl groups excluding tert-OH is 1. The predicted molar refractivity (Wildman–Crippen MR) is 73.0 cm³/mol. The van der Waals surface area contributed by atoms with Gasteiger partial charge in [0.05, 0.1) is 6.61 Å². The van der Waals surface area contributed by atoms with Gasteiger partial charge >= 0.3 is 5.97 Å². The quantitative estimate of drug-likeness (QED) is 0.396. The second-order valence-electron chi connectivity index (χ2n) is 3.99. The number of hydrogen-bond donors (Lipinski definition) is 3. The molecule has 19 heavy (non-hydrogen) atoms. The summed E-state index contributed by atoms with van der Waals surface area (Å²) in [5, 5.41) is 8.51. The van der Waals surface area contributed by atoms with E-state index in [-0.39, 0.29) is 13.2 Å². The highest BCUT2D eigenvalue weighted by molar-refractivity contribution is 5.76. The summed E-state index contributed by atoms with van der Waals surface area (Å²) < 4.78 is 4.90. The molecule has 1 aromatic rings. The smallest absolute Gasteiger partial charge is 0.324 e. The molecule has 5 nitrogen and oxygen atoms in total. The van der Waals surface area contributed by atoms with Crippen LogP contribution in [0.4, 0.5) is 5.69 Å². The largest absolute Gasteiger partial charge is 0.451 e. The number of ether oxygens (including phenoxy) is 1. The highest BCUT2D eigenvalue weighted by atomic mass is 16.5. The lowest BCUT2D eigenvalue weighted by atomic mass is 10.1. The van der Waals surface area contributed by atoms with Crippen molar-refractivity contribution in [3.63, 3.8) is 0 Å². The molecule has 0 amide bonds. The Morgan fingerprint density at radius 1 is 1.32 bits per heavy atom. The molecule has 1 rings (SSSR count). The highest BCUT2D eigenvalue weighted by Gasteiger charge is 2.15. The molecule has 0 bridgehead atoms. The van der Waals surface area contributed by atoms with Crippen LogP contribution in [-0.4, -0.2) is 30.3 Å². The average molecular weight is 262 g/mol. The second-order valence-corrected chi connectivity index (χ2v) is 3.99. The number of nitrogen functional groups attached to an aromatic ring is 1. The van der Waals surface area contributed by atoms with Crippen LogP contribution in [0.25, 0.3) is 0 Å². The molecule has 0 aliphatic heterocycles. The van der Waals surface area contributed by atoms with Crippen molar-refractivity contribution in [2.75, 3.05) is 18.9 Å². The van der Waals surface area contributed by atoms with Crippen molar-refractivity contribution in [3.05, 3.63) is 29.8 Å². The van der Waals surface area contributed by atoms with Crippen LogP contribution in [0.2, 0.25) is 0 Å². The number of carbonyl (C=O) groups is 1. The molecule has 0 radical (unpaired) electrons. The summed E-state index contributed by atoms with van der Waals surface area (Å²) >= 11 is 0. The van der Waals surface area contributed by atoms with Gasteiger partial charge in [-0.15, -0.1) is 0 Å². The standard InChI is InChI=1S/C14H18N2O3/c15-12-6-4-11(5-7-12)10-13(16)14(18)19-9-3-1-2-8-17/h4-7,13,17H,2,8-10,15-16H2. The van der Waals surface area contributed by atoms with E-state index in [1.807, 2.05) is 12.1 Å². The zero-order chi connectivity index (χ0) is 14.1. The third-order valence-corrected chi connectivity index (χ3v) is 2.39. The molecule has 5 heteroatoms. The van der Waals surface area contributed by atoms with Gasteiger partial charge in [-0.05, 0) is 24.1 Å². The summed E-state index contributed by atoms with van der Waals surface area (Å²) in [4.78, 5) is 11.6. The number of benzene rings is 1. The van der Waals surface area contributed by atoms with E-state index in [1.165, 1.54) is 0 Å². The van der Waals surface area contributed by atoms with Gasteiger partial charge in [0.1, 0.15) is 6.04 Å². The molecular weight excluding hydrogens is 244 g/mol. The van der Waals surface area contributed by atoms with Gasteiger partial charge in [0.15, 0.2) is 6.61 Å². The third kappa shape index (κ3) is 5.91. The van der Waals surface area contributed by atoms with Gasteiger partial charge in [0.25, 0.3) is 0 Å². The fourth-order valence-electron chi connectivity index (χ4n) is 1.40. The van der Waals surface area contributed by atoms with Crippen LogP contribution in [-0.2, 0) is 16.0 Å². The molecule has 102 valence electrons. The van der Waals surface area contributed by atoms with Crippen LogP contribution in [0.3, 0.4) is 0 Å². The lowest BCUT2D eigenvalue weighted by molar-refractivity contribution is -0.143. The monoisotopic (exact) mass is 262 g/mol. The first-order valence-electron chi connectivity index (χ1n) is 5.96. The van der Waals surface area contributed by atoms with E-state index < -0.39 is 12.0 Å². The summed E-state index contributed by atoms with van der Waals surface area (Å²) in [6.07, 6.45) is 0.762. The number of rotatable bonds is 5. The van der Waals surface area contributed by atoms with E-state index in [9.17, 15) is 4.79 Å². The Bertz CT molecular complexity index is 460. The molecule has 1 aromatic carbocycles. The summed E-state index contributed by atoms with van der Waals surface area (Å²) in [7, 11) is 0. The van der Waals surface area contributed by atoms with Gasteiger partial charge in [-0.3, -0.25) is 4.79 Å². The number of aliphatic hydroxyl groups is 1. The van der Waals surface area contributed by atoms with E-state index in [0.29, 0.717) is 18.5 Å². The van der Waals surface area contributed by atoms with Crippen LogP contribution in [0.1, 0.15) is 12.0 Å². The van der Waals surface area contributed by atoms with Crippen molar-refractivity contribution in [2.45, 2.75) is 18.9 Å². The minimum Gasteiger partial charge on any atom is -0.451 e. The molecule has 0 aliphatic carbocycles. The molecule has 1 atom stereocenters. The van der Waals surface area contributed by atoms with Gasteiger partial charge in [0, 0.05) is 12.1 Å². The maximum absolute atomic E-state index is 11.6. The lowest BCUT2D eigenvalue weighted by Gasteiger charge is -2.10. The number of nitrogens with two attached hydrogens (primary N) is 2. The molecule has 0 saturated heterocycles. The number of carbonyl (C=O) groups excluding carboxylic acids is 1. The van der Waals surface area contributed by atoms with E-state index in [4.69, 9.17) is 21.3 Å². The Morgan fingerprint density at radius 3 is 2.63 bits per heavy atom. The SMILES string of the molecule is Nc1ccc(CC(N)C(=O)OCC#CCCO)cc1. The Morgan fingerprint density at radius 2 is 2.00 bits per heavy atom. The third-order valence-electron chi connectivity index (χ3n) is 2.39. The van der Waals surface area contributed by atoms with Crippen molar-refractivity contribution < 1.29 is 14.6 Å². The van der Waals surface area contributed by atoms with Crippen LogP contribution < -0.4 is 11.5 Å². The van der Waals surface area contributed by atoms with E-state index in [1.54, 1.807) is 12.1 Å². The van der Waals surface area contributed by atoms with Crippen LogP contribution >= 0.6 is 0 Å². The molecule has 0 spiro atoms. The van der Waals surface area contributed by atoms with E-state index in [2.05, 4.69) is 11.8 Å². The average Bonchev–Trinajstić information content (AvgIpc) is 2.41. The maximum atomic E-state index is 11.6. The van der Waals surface area contributed by atoms with Gasteiger partial charge in [-0.25, -0.2) is 0 Å². The van der Waals surface area contributed by atoms with E-state index >= 15 is 0 Å². The fourth-order valence-corrected chi connectivity index (χ4v) is 1.40. The van der Waals surface area contributed by atoms with Crippen molar-refractivity contribution in [3.8, 4) is 11.8 Å². The van der Waals surface area contributed by atoms with Crippen LogP contribution in [0.5, 0.6) is 0 Å². The Hall–Kier alpha value is -2.03. The first kappa shape index (κ1) is 15.0. The molecule has 0 heterocycles. The van der Waals surface area contributed by atoms with Crippen molar-refractivity contribution in [2.24, 2.45) is 5.73 Å². The first-order valence-corrected chi connectivity index (χ1v) is 5.96. The van der Waals surface area contributed by atoms with Crippen molar-refractivity contribution in [1.29, 1.82) is 0 Å². The first-order chi connectivity index (χ1) is 9.13. The van der Waals surface area contributed by atoms with Crippen molar-refractivity contribution in [1.82, 2.24) is 0 Å². The molecule has 5 N–H and O–H groups in total. The normalized spacial score (nSPS) is 11.3. The summed E-state index contributed by atoms with van der Waals surface area (Å²) in [6, 6.07) is 6.44. The lowest BCUT2D eigenvalue weighted by Crippen LogP contribution is -2.34. The minimum atomic E-state index is -0.719. The van der Waals surface area contributed by atoms with Crippen LogP contribution in [0, 0.1) is 11.8 Å². The fraction of sp³-hybridized carbons (Fsp3) is 0.357. The number of hydrogen-bond acceptors (Lipinski definition) is 5. The molecule has 0 fully saturated rings. The summed E-state index contributed by atoms with van der Waals surface area (Å²) in [6.45, 7) is -0.00807. The summed E-state index contributed by atoms with van der Waals surface area (Å²) in [5.74, 6) is 4.78. The Balaban J connectivity index is 2.36. The van der Waals surface area contributed by atoms with Gasteiger partial charge < -0.3 is 21.3 Å². The second kappa shape index (κ2) is 8.14. The maximum Gasteiger partial charge on any atom is 0.324 e. The number of anilines is 1. The van der Waals surface area contributed by atoms with Gasteiger partial charge in [-0.1, -0.05) is 24.0 Å². The Kier molecular flexibility index (Phi) is 6.44. The highest BCUT2D eigenvalue weighted by Crippen LogP contribution is 2.07. The molecular formula is C14H18N2O3. The van der Waals surface area contributed by atoms with Crippen LogP contribution in [0.15, 0.2) is 24.3 Å². The zero-order valence-electron chi connectivity index (χ0n) is 10.6. The van der Waals surface area contributed by atoms with Gasteiger partial charge in [-0.2, -0.15) is 0 Å². The predicted octanol–water partition coefficient (Wildman–Crippen LogP) is 0.0676. The van der Waals surface area contributed by atoms with E-state index in [0.717, 1.165) is 5.56 Å². The molecule has 0 saturated carbocycles.